The first-order valence-electron chi connectivity index (χ1n) is 5.55. The lowest BCUT2D eigenvalue weighted by Gasteiger charge is -2.14. The van der Waals surface area contributed by atoms with Gasteiger partial charge in [0.05, 0.1) is 12.5 Å². The van der Waals surface area contributed by atoms with Crippen LogP contribution in [0.3, 0.4) is 0 Å². The van der Waals surface area contributed by atoms with E-state index in [0.717, 1.165) is 18.2 Å². The molecule has 1 atom stereocenters. The lowest BCUT2D eigenvalue weighted by Crippen LogP contribution is -2.02. The van der Waals surface area contributed by atoms with E-state index < -0.39 is 22.8 Å². The van der Waals surface area contributed by atoms with E-state index in [1.807, 2.05) is 0 Å². The zero-order valence-corrected chi connectivity index (χ0v) is 12.6. The van der Waals surface area contributed by atoms with Crippen LogP contribution in [0.4, 0.5) is 13.2 Å². The first kappa shape index (κ1) is 15.2. The molecule has 0 aliphatic carbocycles. The highest BCUT2D eigenvalue weighted by molar-refractivity contribution is 9.10. The third-order valence-corrected chi connectivity index (χ3v) is 3.65. The molecular formula is C14H9BrClF3O. The molecule has 0 aliphatic rings. The molecule has 6 heteroatoms. The summed E-state index contributed by atoms with van der Waals surface area (Å²) < 4.78 is 46.4. The summed E-state index contributed by atoms with van der Waals surface area (Å²) >= 11 is 9.18. The quantitative estimate of drug-likeness (QED) is 0.679. The monoisotopic (exact) mass is 364 g/mol. The molecular weight excluding hydrogens is 357 g/mol. The van der Waals surface area contributed by atoms with Gasteiger partial charge in [-0.25, -0.2) is 13.2 Å². The van der Waals surface area contributed by atoms with Crippen molar-refractivity contribution >= 4 is 27.5 Å². The Labute approximate surface area is 127 Å². The summed E-state index contributed by atoms with van der Waals surface area (Å²) in [6.45, 7) is 0. The second kappa shape index (κ2) is 6.06. The van der Waals surface area contributed by atoms with Crippen LogP contribution in [0.1, 0.15) is 16.5 Å². The topological polar surface area (TPSA) is 9.23 Å². The van der Waals surface area contributed by atoms with Crippen molar-refractivity contribution in [2.75, 3.05) is 7.11 Å². The second-order valence-electron chi connectivity index (χ2n) is 4.07. The fraction of sp³-hybridized carbons (Fsp3) is 0.143. The molecule has 0 radical (unpaired) electrons. The highest BCUT2D eigenvalue weighted by Crippen LogP contribution is 2.35. The Bertz CT molecular complexity index is 605. The van der Waals surface area contributed by atoms with Gasteiger partial charge in [0, 0.05) is 22.2 Å². The summed E-state index contributed by atoms with van der Waals surface area (Å²) in [7, 11) is 1.30. The largest absolute Gasteiger partial charge is 0.497 e. The summed E-state index contributed by atoms with van der Waals surface area (Å²) in [6, 6.07) is 5.92. The van der Waals surface area contributed by atoms with E-state index in [4.69, 9.17) is 16.3 Å². The summed E-state index contributed by atoms with van der Waals surface area (Å²) in [5, 5.41) is -1.15. The molecule has 2 aromatic rings. The van der Waals surface area contributed by atoms with Crippen LogP contribution < -0.4 is 4.74 Å². The van der Waals surface area contributed by atoms with Crippen LogP contribution in [0.25, 0.3) is 0 Å². The first-order chi connectivity index (χ1) is 9.42. The van der Waals surface area contributed by atoms with Gasteiger partial charge in [0.2, 0.25) is 0 Å². The number of halogens is 5. The van der Waals surface area contributed by atoms with Crippen LogP contribution in [0.15, 0.2) is 34.8 Å². The minimum atomic E-state index is -1.15. The number of rotatable bonds is 3. The Morgan fingerprint density at radius 3 is 2.15 bits per heavy atom. The fourth-order valence-electron chi connectivity index (χ4n) is 1.81. The summed E-state index contributed by atoms with van der Waals surface area (Å²) in [6.07, 6.45) is 0. The molecule has 0 saturated heterocycles. The van der Waals surface area contributed by atoms with Gasteiger partial charge in [0.15, 0.2) is 0 Å². The molecule has 0 N–H and O–H groups in total. The summed E-state index contributed by atoms with van der Waals surface area (Å²) in [5.41, 5.74) is -0.0912. The number of hydrogen-bond donors (Lipinski definition) is 0. The number of methoxy groups -OCH3 is 1. The van der Waals surface area contributed by atoms with Crippen LogP contribution in [-0.4, -0.2) is 7.11 Å². The Morgan fingerprint density at radius 1 is 1.05 bits per heavy atom. The third kappa shape index (κ3) is 3.10. The van der Waals surface area contributed by atoms with Crippen LogP contribution in [-0.2, 0) is 0 Å². The maximum Gasteiger partial charge on any atom is 0.134 e. The van der Waals surface area contributed by atoms with E-state index in [0.29, 0.717) is 4.47 Å². The Kier molecular flexibility index (Phi) is 4.60. The van der Waals surface area contributed by atoms with Crippen molar-refractivity contribution in [3.63, 3.8) is 0 Å². The van der Waals surface area contributed by atoms with Gasteiger partial charge in [-0.3, -0.25) is 0 Å². The normalized spacial score (nSPS) is 12.3. The van der Waals surface area contributed by atoms with Crippen molar-refractivity contribution in [2.24, 2.45) is 0 Å². The standard InChI is InChI=1S/C14H9BrClF3O/c1-20-10-5-11(18)13(12(19)6-10)14(16)7-2-8(15)4-9(17)3-7/h2-6,14H,1H3. The van der Waals surface area contributed by atoms with Gasteiger partial charge in [-0.1, -0.05) is 15.9 Å². The molecule has 0 aromatic heterocycles. The molecule has 1 nitrogen and oxygen atoms in total. The first-order valence-corrected chi connectivity index (χ1v) is 6.78. The third-order valence-electron chi connectivity index (χ3n) is 2.72. The molecule has 0 fully saturated rings. The summed E-state index contributed by atoms with van der Waals surface area (Å²) in [4.78, 5) is 0. The molecule has 106 valence electrons. The van der Waals surface area contributed by atoms with E-state index in [2.05, 4.69) is 15.9 Å². The summed E-state index contributed by atoms with van der Waals surface area (Å²) in [5.74, 6) is -2.19. The number of hydrogen-bond acceptors (Lipinski definition) is 1. The highest BCUT2D eigenvalue weighted by atomic mass is 79.9. The fourth-order valence-corrected chi connectivity index (χ4v) is 2.63. The molecule has 0 aliphatic heterocycles. The van der Waals surface area contributed by atoms with Gasteiger partial charge < -0.3 is 4.74 Å². The molecule has 0 bridgehead atoms. The minimum absolute atomic E-state index is 0.0491. The Hall–Kier alpha value is -1.20. The molecule has 2 aromatic carbocycles. The van der Waals surface area contributed by atoms with Gasteiger partial charge in [0.25, 0.3) is 0 Å². The van der Waals surface area contributed by atoms with E-state index in [-0.39, 0.29) is 16.9 Å². The maximum absolute atomic E-state index is 13.9. The van der Waals surface area contributed by atoms with Gasteiger partial charge in [-0.15, -0.1) is 11.6 Å². The molecule has 0 amide bonds. The van der Waals surface area contributed by atoms with Crippen molar-refractivity contribution < 1.29 is 17.9 Å². The highest BCUT2D eigenvalue weighted by Gasteiger charge is 2.22. The maximum atomic E-state index is 13.9. The SMILES string of the molecule is COc1cc(F)c(C(Cl)c2cc(F)cc(Br)c2)c(F)c1. The van der Waals surface area contributed by atoms with Crippen molar-refractivity contribution in [1.29, 1.82) is 0 Å². The van der Waals surface area contributed by atoms with Crippen molar-refractivity contribution in [3.8, 4) is 5.75 Å². The van der Waals surface area contributed by atoms with Gasteiger partial charge in [-0.2, -0.15) is 0 Å². The van der Waals surface area contributed by atoms with Crippen molar-refractivity contribution in [3.05, 3.63) is 63.4 Å². The lowest BCUT2D eigenvalue weighted by atomic mass is 10.0. The predicted molar refractivity (Wildman–Crippen MR) is 74.7 cm³/mol. The predicted octanol–water partition coefficient (Wildman–Crippen LogP) is 5.20. The molecule has 2 rings (SSSR count). The number of ether oxygens (including phenoxy) is 1. The van der Waals surface area contributed by atoms with Crippen molar-refractivity contribution in [2.45, 2.75) is 5.38 Å². The van der Waals surface area contributed by atoms with Crippen LogP contribution in [0.5, 0.6) is 5.75 Å². The lowest BCUT2D eigenvalue weighted by molar-refractivity contribution is 0.405. The van der Waals surface area contributed by atoms with Crippen LogP contribution in [0, 0.1) is 17.5 Å². The number of alkyl halides is 1. The van der Waals surface area contributed by atoms with E-state index in [9.17, 15) is 13.2 Å². The molecule has 0 heterocycles. The molecule has 1 unspecified atom stereocenters. The van der Waals surface area contributed by atoms with Crippen LogP contribution in [0.2, 0.25) is 0 Å². The zero-order valence-electron chi connectivity index (χ0n) is 10.3. The van der Waals surface area contributed by atoms with E-state index in [1.165, 1.54) is 19.2 Å². The van der Waals surface area contributed by atoms with Gasteiger partial charge >= 0.3 is 0 Å². The average molecular weight is 366 g/mol. The number of benzene rings is 2. The van der Waals surface area contributed by atoms with Crippen molar-refractivity contribution in [1.82, 2.24) is 0 Å². The molecule has 0 saturated carbocycles. The minimum Gasteiger partial charge on any atom is -0.497 e. The second-order valence-corrected chi connectivity index (χ2v) is 5.42. The molecule has 20 heavy (non-hydrogen) atoms. The van der Waals surface area contributed by atoms with Crippen LogP contribution >= 0.6 is 27.5 Å². The Morgan fingerprint density at radius 2 is 1.65 bits per heavy atom. The van der Waals surface area contributed by atoms with E-state index in [1.54, 1.807) is 0 Å². The van der Waals surface area contributed by atoms with Gasteiger partial charge in [-0.05, 0) is 23.8 Å². The molecule has 0 spiro atoms. The van der Waals surface area contributed by atoms with Gasteiger partial charge in [0.1, 0.15) is 23.2 Å². The Balaban J connectivity index is 2.50. The van der Waals surface area contributed by atoms with E-state index >= 15 is 0 Å². The zero-order chi connectivity index (χ0) is 14.9. The average Bonchev–Trinajstić information content (AvgIpc) is 2.36. The smallest absolute Gasteiger partial charge is 0.134 e.